The molecular weight excluding hydrogens is 468 g/mol. The molecule has 7 heteroatoms. The van der Waals surface area contributed by atoms with Crippen LogP contribution in [0.2, 0.25) is 0 Å². The Labute approximate surface area is 214 Å². The Morgan fingerprint density at radius 3 is 2.49 bits per heavy atom. The van der Waals surface area contributed by atoms with Gasteiger partial charge in [0.2, 0.25) is 5.91 Å². The van der Waals surface area contributed by atoms with Gasteiger partial charge in [0.25, 0.3) is 0 Å². The van der Waals surface area contributed by atoms with Crippen LogP contribution >= 0.6 is 0 Å². The Hall–Kier alpha value is -4.36. The number of carbonyl (C=O) groups excluding carboxylic acids is 1. The van der Waals surface area contributed by atoms with Crippen LogP contribution in [0.25, 0.3) is 11.0 Å². The fourth-order valence-electron chi connectivity index (χ4n) is 4.73. The predicted molar refractivity (Wildman–Crippen MR) is 139 cm³/mol. The molecule has 0 fully saturated rings. The first-order chi connectivity index (χ1) is 17.8. The molecule has 0 aliphatic carbocycles. The fourth-order valence-corrected chi connectivity index (χ4v) is 4.73. The molecule has 0 saturated carbocycles. The Kier molecular flexibility index (Phi) is 6.54. The summed E-state index contributed by atoms with van der Waals surface area (Å²) in [6, 6.07) is 21.9. The Morgan fingerprint density at radius 1 is 1.00 bits per heavy atom. The summed E-state index contributed by atoms with van der Waals surface area (Å²) in [5, 5.41) is 28.6. The number of hydrogen-bond donors (Lipinski definition) is 3. The van der Waals surface area contributed by atoms with Gasteiger partial charge in [-0.25, -0.2) is 0 Å². The fraction of sp³-hybridized carbons (Fsp3) is 0.200. The van der Waals surface area contributed by atoms with E-state index in [9.17, 15) is 15.0 Å². The van der Waals surface area contributed by atoms with Crippen molar-refractivity contribution >= 4 is 16.9 Å². The van der Waals surface area contributed by atoms with Gasteiger partial charge in [-0.05, 0) is 67.3 Å². The van der Waals surface area contributed by atoms with Crippen LogP contribution in [0.5, 0.6) is 5.75 Å². The number of phenols is 1. The lowest BCUT2D eigenvalue weighted by Gasteiger charge is -2.22. The zero-order valence-corrected chi connectivity index (χ0v) is 20.9. The molecule has 5 rings (SSSR count). The molecular formula is C30H28N2O5. The molecule has 0 aliphatic rings. The third kappa shape index (κ3) is 4.99. The standard InChI is InChI=1S/C30H28N2O5/c1-17-13-23(33)11-12-24(17)29(21-7-5-4-6-8-21)31-27(34)15-20-9-10-22-16-26(36-25(22)14-20)30(35)28-18(2)32-37-19(28)3/h4-14,16,29-30,33,35H,15H2,1-3H3,(H,31,34). The second-order valence-corrected chi connectivity index (χ2v) is 9.29. The van der Waals surface area contributed by atoms with Crippen LogP contribution in [-0.2, 0) is 11.2 Å². The van der Waals surface area contributed by atoms with Crippen molar-refractivity contribution in [3.8, 4) is 5.75 Å². The number of aromatic hydroxyl groups is 1. The van der Waals surface area contributed by atoms with Gasteiger partial charge in [-0.1, -0.05) is 53.7 Å². The number of fused-ring (bicyclic) bond motifs is 1. The zero-order valence-electron chi connectivity index (χ0n) is 20.9. The summed E-state index contributed by atoms with van der Waals surface area (Å²) in [5.74, 6) is 0.964. The topological polar surface area (TPSA) is 109 Å². The molecule has 0 saturated heterocycles. The molecule has 2 unspecified atom stereocenters. The van der Waals surface area contributed by atoms with Crippen LogP contribution in [0.1, 0.15) is 57.2 Å². The third-order valence-corrected chi connectivity index (χ3v) is 6.60. The summed E-state index contributed by atoms with van der Waals surface area (Å²) in [6.07, 6.45) is -0.843. The van der Waals surface area contributed by atoms with Crippen molar-refractivity contribution in [1.29, 1.82) is 0 Å². The van der Waals surface area contributed by atoms with Crippen molar-refractivity contribution < 1.29 is 23.9 Å². The first kappa shape index (κ1) is 24.3. The zero-order chi connectivity index (χ0) is 26.1. The predicted octanol–water partition coefficient (Wildman–Crippen LogP) is 5.58. The molecule has 188 valence electrons. The molecule has 7 nitrogen and oxygen atoms in total. The minimum Gasteiger partial charge on any atom is -0.508 e. The number of phenolic OH excluding ortho intramolecular Hbond substituents is 1. The van der Waals surface area contributed by atoms with Gasteiger partial charge in [0.1, 0.15) is 29.0 Å². The molecule has 2 heterocycles. The number of rotatable bonds is 7. The maximum absolute atomic E-state index is 13.2. The SMILES string of the molecule is Cc1cc(O)ccc1C(NC(=O)Cc1ccc2cc(C(O)c3c(C)noc3C)oc2c1)c1ccccc1. The van der Waals surface area contributed by atoms with E-state index in [4.69, 9.17) is 8.94 Å². The van der Waals surface area contributed by atoms with E-state index in [0.717, 1.165) is 27.6 Å². The number of furan rings is 1. The van der Waals surface area contributed by atoms with Gasteiger partial charge >= 0.3 is 0 Å². The van der Waals surface area contributed by atoms with Gasteiger partial charge in [0.05, 0.1) is 23.7 Å². The lowest BCUT2D eigenvalue weighted by Crippen LogP contribution is -2.31. The van der Waals surface area contributed by atoms with Crippen molar-refractivity contribution in [2.75, 3.05) is 0 Å². The third-order valence-electron chi connectivity index (χ3n) is 6.60. The Bertz CT molecular complexity index is 1550. The lowest BCUT2D eigenvalue weighted by atomic mass is 9.94. The number of benzene rings is 3. The monoisotopic (exact) mass is 496 g/mol. The average Bonchev–Trinajstić information content (AvgIpc) is 3.45. The van der Waals surface area contributed by atoms with Crippen LogP contribution in [0.4, 0.5) is 0 Å². The number of carbonyl (C=O) groups is 1. The number of nitrogens with one attached hydrogen (secondary N) is 1. The van der Waals surface area contributed by atoms with E-state index >= 15 is 0 Å². The molecule has 0 spiro atoms. The average molecular weight is 497 g/mol. The minimum atomic E-state index is -0.995. The lowest BCUT2D eigenvalue weighted by molar-refractivity contribution is -0.120. The molecule has 5 aromatic rings. The summed E-state index contributed by atoms with van der Waals surface area (Å²) in [5.41, 5.74) is 5.32. The second kappa shape index (κ2) is 9.95. The van der Waals surface area contributed by atoms with E-state index in [0.29, 0.717) is 28.4 Å². The molecule has 2 atom stereocenters. The highest BCUT2D eigenvalue weighted by Gasteiger charge is 2.24. The number of aromatic nitrogens is 1. The Balaban J connectivity index is 1.37. The van der Waals surface area contributed by atoms with E-state index in [1.165, 1.54) is 0 Å². The summed E-state index contributed by atoms with van der Waals surface area (Å²) in [4.78, 5) is 13.2. The van der Waals surface area contributed by atoms with Gasteiger partial charge in [-0.15, -0.1) is 0 Å². The summed E-state index contributed by atoms with van der Waals surface area (Å²) in [6.45, 7) is 5.44. The van der Waals surface area contributed by atoms with E-state index in [1.54, 1.807) is 32.0 Å². The quantitative estimate of drug-likeness (QED) is 0.271. The van der Waals surface area contributed by atoms with Crippen molar-refractivity contribution in [3.05, 3.63) is 118 Å². The van der Waals surface area contributed by atoms with E-state index < -0.39 is 6.10 Å². The van der Waals surface area contributed by atoms with Crippen molar-refractivity contribution in [3.63, 3.8) is 0 Å². The summed E-state index contributed by atoms with van der Waals surface area (Å²) < 4.78 is 11.1. The number of aliphatic hydroxyl groups is 1. The van der Waals surface area contributed by atoms with Crippen LogP contribution in [0.15, 0.2) is 81.7 Å². The number of hydrogen-bond acceptors (Lipinski definition) is 6. The van der Waals surface area contributed by atoms with Crippen LogP contribution in [0, 0.1) is 20.8 Å². The largest absolute Gasteiger partial charge is 0.508 e. The summed E-state index contributed by atoms with van der Waals surface area (Å²) in [7, 11) is 0. The molecule has 0 aliphatic heterocycles. The van der Waals surface area contributed by atoms with E-state index in [2.05, 4.69) is 10.5 Å². The smallest absolute Gasteiger partial charge is 0.225 e. The highest BCUT2D eigenvalue weighted by molar-refractivity contribution is 5.83. The minimum absolute atomic E-state index is 0.150. The number of amides is 1. The van der Waals surface area contributed by atoms with Crippen LogP contribution in [0.3, 0.4) is 0 Å². The second-order valence-electron chi connectivity index (χ2n) is 9.29. The van der Waals surface area contributed by atoms with Crippen molar-refractivity contribution in [2.45, 2.75) is 39.3 Å². The molecule has 3 N–H and O–H groups in total. The van der Waals surface area contributed by atoms with Crippen molar-refractivity contribution in [1.82, 2.24) is 10.5 Å². The summed E-state index contributed by atoms with van der Waals surface area (Å²) >= 11 is 0. The molecule has 0 radical (unpaired) electrons. The van der Waals surface area contributed by atoms with Crippen LogP contribution < -0.4 is 5.32 Å². The van der Waals surface area contributed by atoms with Crippen molar-refractivity contribution in [2.24, 2.45) is 0 Å². The van der Waals surface area contributed by atoms with Gasteiger partial charge in [0.15, 0.2) is 0 Å². The molecule has 1 amide bonds. The maximum Gasteiger partial charge on any atom is 0.225 e. The highest BCUT2D eigenvalue weighted by atomic mass is 16.5. The van der Waals surface area contributed by atoms with E-state index in [1.807, 2.05) is 61.5 Å². The first-order valence-corrected chi connectivity index (χ1v) is 12.1. The number of aryl methyl sites for hydroxylation is 3. The van der Waals surface area contributed by atoms with Crippen LogP contribution in [-0.4, -0.2) is 21.3 Å². The molecule has 37 heavy (non-hydrogen) atoms. The molecule has 3 aromatic carbocycles. The highest BCUT2D eigenvalue weighted by Crippen LogP contribution is 2.32. The number of nitrogens with zero attached hydrogens (tertiary/aromatic N) is 1. The Morgan fingerprint density at radius 2 is 1.78 bits per heavy atom. The van der Waals surface area contributed by atoms with E-state index in [-0.39, 0.29) is 24.1 Å². The van der Waals surface area contributed by atoms with Gasteiger partial charge in [0, 0.05) is 5.39 Å². The first-order valence-electron chi connectivity index (χ1n) is 12.1. The van der Waals surface area contributed by atoms with Gasteiger partial charge in [-0.3, -0.25) is 4.79 Å². The molecule has 0 bridgehead atoms. The van der Waals surface area contributed by atoms with Gasteiger partial charge in [-0.2, -0.15) is 0 Å². The molecule has 2 aromatic heterocycles. The normalized spacial score (nSPS) is 13.0. The maximum atomic E-state index is 13.2. The number of aliphatic hydroxyl groups excluding tert-OH is 1. The van der Waals surface area contributed by atoms with Gasteiger partial charge < -0.3 is 24.5 Å².